The van der Waals surface area contributed by atoms with Gasteiger partial charge in [-0.2, -0.15) is 0 Å². The molecule has 0 radical (unpaired) electrons. The van der Waals surface area contributed by atoms with E-state index in [9.17, 15) is 9.59 Å². The van der Waals surface area contributed by atoms with E-state index in [-0.39, 0.29) is 18.4 Å². The van der Waals surface area contributed by atoms with Gasteiger partial charge >= 0.3 is 0 Å². The number of nitrogens with one attached hydrogen (secondary N) is 3. The molecule has 0 fully saturated rings. The van der Waals surface area contributed by atoms with E-state index in [1.165, 1.54) is 0 Å². The van der Waals surface area contributed by atoms with Gasteiger partial charge in [-0.15, -0.1) is 0 Å². The summed E-state index contributed by atoms with van der Waals surface area (Å²) in [6.45, 7) is 3.92. The minimum atomic E-state index is -0.175. The Kier molecular flexibility index (Phi) is 6.83. The lowest BCUT2D eigenvalue weighted by atomic mass is 10.2. The van der Waals surface area contributed by atoms with Crippen molar-refractivity contribution in [2.24, 2.45) is 0 Å². The van der Waals surface area contributed by atoms with E-state index in [1.54, 1.807) is 18.2 Å². The van der Waals surface area contributed by atoms with E-state index in [2.05, 4.69) is 16.0 Å². The van der Waals surface area contributed by atoms with Crippen LogP contribution in [0.3, 0.4) is 0 Å². The Bertz CT molecular complexity index is 762. The maximum Gasteiger partial charge on any atom is 0.243 e. The van der Waals surface area contributed by atoms with Crippen LogP contribution in [0.2, 0.25) is 5.02 Å². The molecule has 0 unspecified atom stereocenters. The van der Waals surface area contributed by atoms with Gasteiger partial charge in [-0.25, -0.2) is 0 Å². The van der Waals surface area contributed by atoms with Crippen LogP contribution < -0.4 is 16.0 Å². The van der Waals surface area contributed by atoms with Gasteiger partial charge in [0.2, 0.25) is 11.8 Å². The molecule has 0 heterocycles. The molecule has 0 bridgehead atoms. The summed E-state index contributed by atoms with van der Waals surface area (Å²) in [5, 5.41) is 9.32. The van der Waals surface area contributed by atoms with Crippen LogP contribution in [-0.4, -0.2) is 18.4 Å². The Hall–Kier alpha value is -2.53. The maximum atomic E-state index is 12.1. The highest BCUT2D eigenvalue weighted by atomic mass is 35.5. The molecule has 2 amide bonds. The molecular weight excluding hydrogens is 338 g/mol. The van der Waals surface area contributed by atoms with Gasteiger partial charge in [0.1, 0.15) is 0 Å². The first-order chi connectivity index (χ1) is 12.0. The van der Waals surface area contributed by atoms with Gasteiger partial charge in [0, 0.05) is 28.5 Å². The van der Waals surface area contributed by atoms with E-state index in [1.807, 2.05) is 38.1 Å². The molecule has 25 heavy (non-hydrogen) atoms. The zero-order valence-corrected chi connectivity index (χ0v) is 15.1. The summed E-state index contributed by atoms with van der Waals surface area (Å²) < 4.78 is 0. The van der Waals surface area contributed by atoms with Crippen LogP contribution in [0.15, 0.2) is 42.5 Å². The predicted octanol–water partition coefficient (Wildman–Crippen LogP) is 4.44. The highest BCUT2D eigenvalue weighted by Gasteiger charge is 2.07. The summed E-state index contributed by atoms with van der Waals surface area (Å²) in [5.74, 6) is -0.195. The molecule has 0 aliphatic carbocycles. The normalized spacial score (nSPS) is 10.2. The predicted molar refractivity (Wildman–Crippen MR) is 103 cm³/mol. The topological polar surface area (TPSA) is 70.2 Å². The van der Waals surface area contributed by atoms with Crippen LogP contribution in [0.5, 0.6) is 0 Å². The number of carbonyl (C=O) groups is 2. The minimum Gasteiger partial charge on any atom is -0.376 e. The van der Waals surface area contributed by atoms with Crippen LogP contribution in [0.1, 0.15) is 25.3 Å². The summed E-state index contributed by atoms with van der Waals surface area (Å²) in [7, 11) is 0. The molecule has 0 spiro atoms. The quantitative estimate of drug-likeness (QED) is 0.684. The van der Waals surface area contributed by atoms with Crippen molar-refractivity contribution in [2.45, 2.75) is 26.7 Å². The third kappa shape index (κ3) is 5.80. The van der Waals surface area contributed by atoms with Crippen molar-refractivity contribution in [3.8, 4) is 0 Å². The van der Waals surface area contributed by atoms with Crippen molar-refractivity contribution in [1.82, 2.24) is 0 Å². The minimum absolute atomic E-state index is 0.0196. The Morgan fingerprint density at radius 3 is 2.48 bits per heavy atom. The van der Waals surface area contributed by atoms with Crippen molar-refractivity contribution in [1.29, 1.82) is 0 Å². The van der Waals surface area contributed by atoms with Crippen LogP contribution in [0, 0.1) is 6.92 Å². The lowest BCUT2D eigenvalue weighted by Crippen LogP contribution is -2.22. The van der Waals surface area contributed by atoms with Crippen LogP contribution in [-0.2, 0) is 9.59 Å². The average molecular weight is 360 g/mol. The molecule has 0 saturated carbocycles. The van der Waals surface area contributed by atoms with Crippen molar-refractivity contribution < 1.29 is 9.59 Å². The smallest absolute Gasteiger partial charge is 0.243 e. The lowest BCUT2D eigenvalue weighted by Gasteiger charge is -2.11. The monoisotopic (exact) mass is 359 g/mol. The summed E-state index contributed by atoms with van der Waals surface area (Å²) in [4.78, 5) is 23.8. The number of hydrogen-bond acceptors (Lipinski definition) is 3. The summed E-state index contributed by atoms with van der Waals surface area (Å²) in [5.41, 5.74) is 2.99. The number of halogens is 1. The molecule has 0 aliphatic rings. The Morgan fingerprint density at radius 2 is 1.72 bits per heavy atom. The zero-order valence-electron chi connectivity index (χ0n) is 14.4. The van der Waals surface area contributed by atoms with Crippen LogP contribution in [0.4, 0.5) is 17.1 Å². The van der Waals surface area contributed by atoms with Gasteiger partial charge in [-0.3, -0.25) is 9.59 Å². The Morgan fingerprint density at radius 1 is 1.00 bits per heavy atom. The van der Waals surface area contributed by atoms with E-state index in [4.69, 9.17) is 11.6 Å². The standard InChI is InChI=1S/C19H22ClN3O2/c1-3-6-18(24)22-15-8-4-7-14(11-15)21-12-19(25)23-17-10-5-9-16(20)13(17)2/h4-5,7-11,21H,3,6,12H2,1-2H3,(H,22,24)(H,23,25). The van der Waals surface area contributed by atoms with Gasteiger partial charge in [0.25, 0.3) is 0 Å². The first kappa shape index (κ1) is 18.8. The van der Waals surface area contributed by atoms with Gasteiger partial charge in [0.15, 0.2) is 0 Å². The number of hydrogen-bond donors (Lipinski definition) is 3. The second-order valence-corrected chi connectivity index (χ2v) is 6.10. The Labute approximate surface area is 152 Å². The van der Waals surface area contributed by atoms with E-state index in [0.717, 1.165) is 17.7 Å². The van der Waals surface area contributed by atoms with Crippen molar-refractivity contribution >= 4 is 40.5 Å². The molecule has 5 nitrogen and oxygen atoms in total. The molecule has 2 aromatic carbocycles. The van der Waals surface area contributed by atoms with Gasteiger partial charge in [-0.1, -0.05) is 30.7 Å². The number of anilines is 3. The van der Waals surface area contributed by atoms with Gasteiger partial charge in [0.05, 0.1) is 6.54 Å². The molecule has 0 aliphatic heterocycles. The van der Waals surface area contributed by atoms with Gasteiger partial charge in [-0.05, 0) is 49.2 Å². The molecular formula is C19H22ClN3O2. The SMILES string of the molecule is CCCC(=O)Nc1cccc(NCC(=O)Nc2cccc(Cl)c2C)c1. The molecule has 2 aromatic rings. The van der Waals surface area contributed by atoms with Crippen molar-refractivity contribution in [3.05, 3.63) is 53.1 Å². The maximum absolute atomic E-state index is 12.1. The van der Waals surface area contributed by atoms with Crippen LogP contribution >= 0.6 is 11.6 Å². The third-order valence-corrected chi connectivity index (χ3v) is 4.03. The fourth-order valence-corrected chi connectivity index (χ4v) is 2.45. The van der Waals surface area contributed by atoms with Crippen molar-refractivity contribution in [3.63, 3.8) is 0 Å². The molecule has 132 valence electrons. The average Bonchev–Trinajstić information content (AvgIpc) is 2.58. The van der Waals surface area contributed by atoms with Crippen molar-refractivity contribution in [2.75, 3.05) is 22.5 Å². The zero-order chi connectivity index (χ0) is 18.2. The van der Waals surface area contributed by atoms with Gasteiger partial charge < -0.3 is 16.0 Å². The molecule has 3 N–H and O–H groups in total. The fourth-order valence-electron chi connectivity index (χ4n) is 2.28. The van der Waals surface area contributed by atoms with E-state index >= 15 is 0 Å². The second kappa shape index (κ2) is 9.08. The molecule has 0 saturated heterocycles. The highest BCUT2D eigenvalue weighted by Crippen LogP contribution is 2.23. The van der Waals surface area contributed by atoms with E-state index in [0.29, 0.717) is 22.8 Å². The summed E-state index contributed by atoms with van der Waals surface area (Å²) >= 11 is 6.05. The first-order valence-corrected chi connectivity index (χ1v) is 8.56. The third-order valence-electron chi connectivity index (χ3n) is 3.62. The Balaban J connectivity index is 1.91. The summed E-state index contributed by atoms with van der Waals surface area (Å²) in [6, 6.07) is 12.7. The van der Waals surface area contributed by atoms with E-state index < -0.39 is 0 Å². The molecule has 0 aromatic heterocycles. The fraction of sp³-hybridized carbons (Fsp3) is 0.263. The lowest BCUT2D eigenvalue weighted by molar-refractivity contribution is -0.116. The first-order valence-electron chi connectivity index (χ1n) is 8.18. The molecule has 6 heteroatoms. The molecule has 0 atom stereocenters. The number of amides is 2. The van der Waals surface area contributed by atoms with Crippen LogP contribution in [0.25, 0.3) is 0 Å². The number of rotatable bonds is 7. The number of benzene rings is 2. The summed E-state index contributed by atoms with van der Waals surface area (Å²) in [6.07, 6.45) is 1.28. The highest BCUT2D eigenvalue weighted by molar-refractivity contribution is 6.31. The number of carbonyl (C=O) groups excluding carboxylic acids is 2. The molecule has 2 rings (SSSR count). The second-order valence-electron chi connectivity index (χ2n) is 5.69. The largest absolute Gasteiger partial charge is 0.376 e.